The maximum absolute atomic E-state index is 13.0. The molecule has 1 unspecified atom stereocenters. The third-order valence-corrected chi connectivity index (χ3v) is 4.69. The summed E-state index contributed by atoms with van der Waals surface area (Å²) in [5, 5.41) is 58.9. The van der Waals surface area contributed by atoms with Crippen LogP contribution in [-0.4, -0.2) is 53.4 Å². The lowest BCUT2D eigenvalue weighted by Gasteiger charge is -2.29. The van der Waals surface area contributed by atoms with Gasteiger partial charge in [-0.1, -0.05) is 6.92 Å². The Bertz CT molecular complexity index is 981. The van der Waals surface area contributed by atoms with Gasteiger partial charge in [0.05, 0.1) is 0 Å². The number of aliphatic hydroxyl groups is 1. The van der Waals surface area contributed by atoms with Crippen LogP contribution in [0.2, 0.25) is 0 Å². The van der Waals surface area contributed by atoms with Crippen molar-refractivity contribution in [2.75, 3.05) is 0 Å². The first kappa shape index (κ1) is 22.8. The van der Waals surface area contributed by atoms with Gasteiger partial charge in [0.1, 0.15) is 5.60 Å². The Morgan fingerprint density at radius 1 is 0.800 bits per heavy atom. The number of ketones is 2. The lowest BCUT2D eigenvalue weighted by Crippen LogP contribution is -2.41. The molecule has 0 saturated heterocycles. The average molecular weight is 420 g/mol. The average Bonchev–Trinajstić information content (AvgIpc) is 2.66. The van der Waals surface area contributed by atoms with Gasteiger partial charge in [0.25, 0.3) is 0 Å². The van der Waals surface area contributed by atoms with Crippen LogP contribution in [0.5, 0.6) is 34.5 Å². The second kappa shape index (κ2) is 7.75. The molecule has 162 valence electrons. The first-order valence-corrected chi connectivity index (χ1v) is 9.03. The number of carbonyl (C=O) groups is 2. The van der Waals surface area contributed by atoms with Gasteiger partial charge in [-0.3, -0.25) is 9.59 Å². The molecule has 9 nitrogen and oxygen atoms in total. The molecule has 30 heavy (non-hydrogen) atoms. The maximum Gasteiger partial charge on any atom is 0.206 e. The van der Waals surface area contributed by atoms with E-state index in [0.717, 1.165) is 24.3 Å². The fraction of sp³-hybridized carbons (Fsp3) is 0.333. The molecular formula is C21H24O9. The van der Waals surface area contributed by atoms with Crippen LogP contribution in [0.1, 0.15) is 54.8 Å². The van der Waals surface area contributed by atoms with Crippen molar-refractivity contribution < 1.29 is 45.0 Å². The van der Waals surface area contributed by atoms with Gasteiger partial charge in [-0.25, -0.2) is 0 Å². The molecule has 2 rings (SSSR count). The zero-order valence-electron chi connectivity index (χ0n) is 16.9. The van der Waals surface area contributed by atoms with Gasteiger partial charge in [0.2, 0.25) is 11.5 Å². The van der Waals surface area contributed by atoms with Crippen molar-refractivity contribution in [3.8, 4) is 34.5 Å². The highest BCUT2D eigenvalue weighted by Crippen LogP contribution is 2.41. The Morgan fingerprint density at radius 2 is 1.23 bits per heavy atom. The SMILES string of the molecule is CCC(C)(Oc1cc(C(=O)C(C)(C)O)cc(O)c1O)C(=O)c1cc(O)c(O)c(O)c1. The van der Waals surface area contributed by atoms with E-state index in [0.29, 0.717) is 0 Å². The van der Waals surface area contributed by atoms with Gasteiger partial charge in [0.15, 0.2) is 40.1 Å². The smallest absolute Gasteiger partial charge is 0.206 e. The van der Waals surface area contributed by atoms with E-state index in [4.69, 9.17) is 4.74 Å². The van der Waals surface area contributed by atoms with Crippen LogP contribution >= 0.6 is 0 Å². The molecule has 0 amide bonds. The number of Topliss-reactive ketones (excluding diaryl/α,β-unsaturated/α-hetero) is 2. The van der Waals surface area contributed by atoms with E-state index in [1.54, 1.807) is 6.92 Å². The molecule has 0 heterocycles. The number of hydrogen-bond donors (Lipinski definition) is 6. The highest BCUT2D eigenvalue weighted by Gasteiger charge is 2.37. The third-order valence-electron chi connectivity index (χ3n) is 4.69. The van der Waals surface area contributed by atoms with Gasteiger partial charge in [0, 0.05) is 11.1 Å². The number of hydrogen-bond acceptors (Lipinski definition) is 9. The van der Waals surface area contributed by atoms with E-state index < -0.39 is 51.5 Å². The number of ether oxygens (including phenoxy) is 1. The Balaban J connectivity index is 2.51. The minimum absolute atomic E-state index is 0.0537. The van der Waals surface area contributed by atoms with E-state index in [2.05, 4.69) is 0 Å². The maximum atomic E-state index is 13.0. The monoisotopic (exact) mass is 420 g/mol. The highest BCUT2D eigenvalue weighted by molar-refractivity contribution is 6.04. The molecule has 2 aromatic rings. The molecular weight excluding hydrogens is 396 g/mol. The summed E-state index contributed by atoms with van der Waals surface area (Å²) in [7, 11) is 0. The summed E-state index contributed by atoms with van der Waals surface area (Å²) in [6.07, 6.45) is 0.0537. The summed E-state index contributed by atoms with van der Waals surface area (Å²) in [6.45, 7) is 5.48. The molecule has 0 bridgehead atoms. The number of phenolic OH excluding ortho intramolecular Hbond substituents is 5. The molecule has 0 aliphatic carbocycles. The first-order valence-electron chi connectivity index (χ1n) is 9.03. The molecule has 0 radical (unpaired) electrons. The molecule has 0 saturated carbocycles. The quantitative estimate of drug-likeness (QED) is 0.292. The van der Waals surface area contributed by atoms with Crippen LogP contribution in [0.4, 0.5) is 0 Å². The van der Waals surface area contributed by atoms with Crippen molar-refractivity contribution in [3.63, 3.8) is 0 Å². The minimum Gasteiger partial charge on any atom is -0.504 e. The van der Waals surface area contributed by atoms with Crippen LogP contribution in [0.15, 0.2) is 24.3 Å². The van der Waals surface area contributed by atoms with Crippen LogP contribution < -0.4 is 4.74 Å². The second-order valence-electron chi connectivity index (χ2n) is 7.61. The molecule has 0 aliphatic rings. The third kappa shape index (κ3) is 4.25. The summed E-state index contributed by atoms with van der Waals surface area (Å²) >= 11 is 0. The Morgan fingerprint density at radius 3 is 1.67 bits per heavy atom. The molecule has 9 heteroatoms. The van der Waals surface area contributed by atoms with E-state index in [-0.39, 0.29) is 23.3 Å². The summed E-state index contributed by atoms with van der Waals surface area (Å²) in [4.78, 5) is 25.3. The highest BCUT2D eigenvalue weighted by atomic mass is 16.5. The van der Waals surface area contributed by atoms with Crippen molar-refractivity contribution in [2.45, 2.75) is 45.3 Å². The summed E-state index contributed by atoms with van der Waals surface area (Å²) in [6, 6.07) is 3.94. The summed E-state index contributed by atoms with van der Waals surface area (Å²) in [5.74, 6) is -5.46. The minimum atomic E-state index is -1.76. The Labute approximate surface area is 172 Å². The number of carbonyl (C=O) groups excluding carboxylic acids is 2. The second-order valence-corrected chi connectivity index (χ2v) is 7.61. The molecule has 0 fully saturated rings. The standard InChI is InChI=1S/C21H24O9/c1-5-21(4,19(28)10-6-12(22)16(25)13(23)7-10)30-15-9-11(8-14(24)17(15)26)18(27)20(2,3)29/h6-9,22-26,29H,5H2,1-4H3. The Kier molecular flexibility index (Phi) is 5.90. The Hall–Kier alpha value is -3.46. The fourth-order valence-corrected chi connectivity index (χ4v) is 2.72. The van der Waals surface area contributed by atoms with Gasteiger partial charge in [-0.2, -0.15) is 0 Å². The van der Waals surface area contributed by atoms with Gasteiger partial charge in [-0.15, -0.1) is 0 Å². The molecule has 2 aromatic carbocycles. The first-order chi connectivity index (χ1) is 13.7. The number of benzene rings is 2. The zero-order chi connectivity index (χ0) is 23.0. The predicted octanol–water partition coefficient (Wildman–Crippen LogP) is 2.60. The van der Waals surface area contributed by atoms with Crippen molar-refractivity contribution >= 4 is 11.6 Å². The van der Waals surface area contributed by atoms with Crippen molar-refractivity contribution in [3.05, 3.63) is 35.4 Å². The van der Waals surface area contributed by atoms with Crippen LogP contribution in [0.3, 0.4) is 0 Å². The largest absolute Gasteiger partial charge is 0.504 e. The summed E-state index contributed by atoms with van der Waals surface area (Å²) < 4.78 is 5.67. The molecule has 0 aliphatic heterocycles. The van der Waals surface area contributed by atoms with Gasteiger partial charge in [-0.05, 0) is 51.5 Å². The van der Waals surface area contributed by atoms with Crippen LogP contribution in [0, 0.1) is 0 Å². The van der Waals surface area contributed by atoms with E-state index in [9.17, 15) is 40.2 Å². The van der Waals surface area contributed by atoms with Crippen LogP contribution in [-0.2, 0) is 0 Å². The topological polar surface area (TPSA) is 165 Å². The molecule has 1 atom stereocenters. The number of phenols is 5. The van der Waals surface area contributed by atoms with Crippen molar-refractivity contribution in [1.82, 2.24) is 0 Å². The molecule has 0 aromatic heterocycles. The van der Waals surface area contributed by atoms with Crippen molar-refractivity contribution in [2.24, 2.45) is 0 Å². The van der Waals surface area contributed by atoms with Crippen molar-refractivity contribution in [1.29, 1.82) is 0 Å². The number of aromatic hydroxyl groups is 5. The summed E-state index contributed by atoms with van der Waals surface area (Å²) in [5.41, 5.74) is -3.75. The normalized spacial score (nSPS) is 13.5. The molecule has 6 N–H and O–H groups in total. The predicted molar refractivity (Wildman–Crippen MR) is 105 cm³/mol. The van der Waals surface area contributed by atoms with Crippen LogP contribution in [0.25, 0.3) is 0 Å². The van der Waals surface area contributed by atoms with E-state index >= 15 is 0 Å². The molecule has 0 spiro atoms. The number of rotatable bonds is 7. The lowest BCUT2D eigenvalue weighted by atomic mass is 9.91. The van der Waals surface area contributed by atoms with Gasteiger partial charge >= 0.3 is 0 Å². The van der Waals surface area contributed by atoms with Gasteiger partial charge < -0.3 is 35.4 Å². The fourth-order valence-electron chi connectivity index (χ4n) is 2.72. The lowest BCUT2D eigenvalue weighted by molar-refractivity contribution is 0.0473. The zero-order valence-corrected chi connectivity index (χ0v) is 16.9. The van der Waals surface area contributed by atoms with E-state index in [1.165, 1.54) is 20.8 Å². The van der Waals surface area contributed by atoms with E-state index in [1.807, 2.05) is 0 Å².